The number of esters is 1. The Morgan fingerprint density at radius 3 is 2.87 bits per heavy atom. The van der Waals surface area contributed by atoms with E-state index in [1.807, 2.05) is 18.2 Å². The van der Waals surface area contributed by atoms with Gasteiger partial charge in [-0.1, -0.05) is 19.9 Å². The molecule has 0 bridgehead atoms. The maximum Gasteiger partial charge on any atom is 0.357 e. The minimum atomic E-state index is -0.487. The van der Waals surface area contributed by atoms with E-state index in [1.165, 1.54) is 11.3 Å². The summed E-state index contributed by atoms with van der Waals surface area (Å²) in [5.74, 6) is -0.736. The number of thioether (sulfide) groups is 1. The van der Waals surface area contributed by atoms with Crippen LogP contribution in [-0.2, 0) is 4.74 Å². The third kappa shape index (κ3) is 5.07. The zero-order valence-electron chi connectivity index (χ0n) is 13.2. The first-order chi connectivity index (χ1) is 11.0. The summed E-state index contributed by atoms with van der Waals surface area (Å²) in [6, 6.07) is 7.43. The van der Waals surface area contributed by atoms with Crippen LogP contribution in [0.2, 0.25) is 0 Å². The molecule has 7 heteroatoms. The Morgan fingerprint density at radius 2 is 2.17 bits per heavy atom. The molecule has 23 heavy (non-hydrogen) atoms. The van der Waals surface area contributed by atoms with E-state index in [-0.39, 0.29) is 11.6 Å². The van der Waals surface area contributed by atoms with Gasteiger partial charge < -0.3 is 4.74 Å². The van der Waals surface area contributed by atoms with Gasteiger partial charge in [0.25, 0.3) is 5.91 Å². The predicted molar refractivity (Wildman–Crippen MR) is 93.5 cm³/mol. The molecule has 0 atom stereocenters. The van der Waals surface area contributed by atoms with Gasteiger partial charge in [0.05, 0.1) is 6.61 Å². The van der Waals surface area contributed by atoms with Crippen molar-refractivity contribution in [2.45, 2.75) is 30.9 Å². The fourth-order valence-electron chi connectivity index (χ4n) is 1.78. The summed E-state index contributed by atoms with van der Waals surface area (Å²) in [7, 11) is 0. The molecule has 1 N–H and O–H groups in total. The van der Waals surface area contributed by atoms with E-state index in [1.54, 1.807) is 30.1 Å². The molecule has 0 radical (unpaired) electrons. The van der Waals surface area contributed by atoms with Crippen molar-refractivity contribution in [3.8, 4) is 0 Å². The molecule has 0 aliphatic rings. The Hall–Kier alpha value is -1.86. The van der Waals surface area contributed by atoms with Crippen molar-refractivity contribution in [1.29, 1.82) is 0 Å². The highest BCUT2D eigenvalue weighted by Gasteiger charge is 2.14. The normalized spacial score (nSPS) is 10.6. The van der Waals surface area contributed by atoms with Crippen molar-refractivity contribution in [2.75, 3.05) is 11.9 Å². The summed E-state index contributed by atoms with van der Waals surface area (Å²) in [5, 5.41) is 5.09. The van der Waals surface area contributed by atoms with Crippen molar-refractivity contribution < 1.29 is 14.3 Å². The minimum absolute atomic E-state index is 0.205. The number of anilines is 1. The molecule has 0 unspecified atom stereocenters. The molecule has 1 amide bonds. The van der Waals surface area contributed by atoms with Crippen LogP contribution in [-0.4, -0.2) is 28.7 Å². The van der Waals surface area contributed by atoms with Gasteiger partial charge in [0.2, 0.25) is 0 Å². The SMILES string of the molecule is CCOC(=O)c1csc(NC(=O)c2cccc(SC(C)C)c2)n1. The molecule has 0 saturated carbocycles. The molecule has 5 nitrogen and oxygen atoms in total. The van der Waals surface area contributed by atoms with E-state index in [9.17, 15) is 9.59 Å². The monoisotopic (exact) mass is 350 g/mol. The lowest BCUT2D eigenvalue weighted by Gasteiger charge is -2.07. The fourth-order valence-corrected chi connectivity index (χ4v) is 3.35. The number of rotatable bonds is 6. The number of carbonyl (C=O) groups excluding carboxylic acids is 2. The second kappa shape index (κ2) is 8.12. The van der Waals surface area contributed by atoms with Crippen molar-refractivity contribution in [3.05, 3.63) is 40.9 Å². The third-order valence-electron chi connectivity index (χ3n) is 2.68. The van der Waals surface area contributed by atoms with Gasteiger partial charge in [-0.25, -0.2) is 9.78 Å². The quantitative estimate of drug-likeness (QED) is 0.628. The molecule has 0 spiro atoms. The van der Waals surface area contributed by atoms with Crippen molar-refractivity contribution in [3.63, 3.8) is 0 Å². The molecule has 2 aromatic rings. The highest BCUT2D eigenvalue weighted by atomic mass is 32.2. The van der Waals surface area contributed by atoms with Crippen LogP contribution in [0.15, 0.2) is 34.5 Å². The van der Waals surface area contributed by atoms with Crippen LogP contribution in [0.3, 0.4) is 0 Å². The van der Waals surface area contributed by atoms with E-state index in [0.29, 0.717) is 22.6 Å². The number of hydrogen-bond acceptors (Lipinski definition) is 6. The van der Waals surface area contributed by atoms with Gasteiger partial charge in [0, 0.05) is 21.1 Å². The predicted octanol–water partition coefficient (Wildman–Crippen LogP) is 4.07. The van der Waals surface area contributed by atoms with Gasteiger partial charge in [-0.3, -0.25) is 10.1 Å². The van der Waals surface area contributed by atoms with E-state index >= 15 is 0 Å². The third-order valence-corrected chi connectivity index (χ3v) is 4.43. The number of hydrogen-bond donors (Lipinski definition) is 1. The highest BCUT2D eigenvalue weighted by Crippen LogP contribution is 2.24. The van der Waals surface area contributed by atoms with Crippen LogP contribution in [0.1, 0.15) is 41.6 Å². The van der Waals surface area contributed by atoms with Gasteiger partial charge in [-0.2, -0.15) is 0 Å². The molecule has 1 heterocycles. The molecular formula is C16H18N2O3S2. The first-order valence-corrected chi connectivity index (χ1v) is 8.96. The Bertz CT molecular complexity index is 698. The lowest BCUT2D eigenvalue weighted by molar-refractivity contribution is 0.0520. The molecule has 0 aliphatic carbocycles. The summed E-state index contributed by atoms with van der Waals surface area (Å²) in [4.78, 5) is 29.0. The second-order valence-corrected chi connectivity index (χ2v) is 7.41. The van der Waals surface area contributed by atoms with Crippen molar-refractivity contribution in [1.82, 2.24) is 4.98 Å². The van der Waals surface area contributed by atoms with Crippen LogP contribution in [0.4, 0.5) is 5.13 Å². The van der Waals surface area contributed by atoms with Gasteiger partial charge in [0.1, 0.15) is 0 Å². The van der Waals surface area contributed by atoms with Crippen LogP contribution in [0, 0.1) is 0 Å². The van der Waals surface area contributed by atoms with Gasteiger partial charge in [0.15, 0.2) is 10.8 Å². The molecular weight excluding hydrogens is 332 g/mol. The standard InChI is InChI=1S/C16H18N2O3S2/c1-4-21-15(20)13-9-22-16(17-13)18-14(19)11-6-5-7-12(8-11)23-10(2)3/h5-10H,4H2,1-3H3,(H,17,18,19). The first-order valence-electron chi connectivity index (χ1n) is 7.20. The lowest BCUT2D eigenvalue weighted by Crippen LogP contribution is -2.12. The molecule has 0 aliphatic heterocycles. The van der Waals surface area contributed by atoms with Crippen LogP contribution in [0.25, 0.3) is 0 Å². The number of carbonyl (C=O) groups is 2. The number of aromatic nitrogens is 1. The Kier molecular flexibility index (Phi) is 6.18. The van der Waals surface area contributed by atoms with E-state index in [0.717, 1.165) is 4.90 Å². The first kappa shape index (κ1) is 17.5. The number of nitrogens with one attached hydrogen (secondary N) is 1. The molecule has 122 valence electrons. The topological polar surface area (TPSA) is 68.3 Å². The number of thiazole rings is 1. The fraction of sp³-hybridized carbons (Fsp3) is 0.312. The summed E-state index contributed by atoms with van der Waals surface area (Å²) < 4.78 is 4.87. The summed E-state index contributed by atoms with van der Waals surface area (Å²) in [6.45, 7) is 6.22. The van der Waals surface area contributed by atoms with Crippen LogP contribution < -0.4 is 5.32 Å². The number of benzene rings is 1. The zero-order valence-corrected chi connectivity index (χ0v) is 14.8. The smallest absolute Gasteiger partial charge is 0.357 e. The Labute approximate surface area is 143 Å². The maximum absolute atomic E-state index is 12.3. The zero-order chi connectivity index (χ0) is 16.8. The molecule has 2 rings (SSSR count). The minimum Gasteiger partial charge on any atom is -0.461 e. The van der Waals surface area contributed by atoms with E-state index in [2.05, 4.69) is 24.1 Å². The number of nitrogens with zero attached hydrogens (tertiary/aromatic N) is 1. The largest absolute Gasteiger partial charge is 0.461 e. The van der Waals surface area contributed by atoms with Gasteiger partial charge in [-0.05, 0) is 25.1 Å². The number of amides is 1. The summed E-state index contributed by atoms with van der Waals surface area (Å²) in [5.41, 5.74) is 0.764. The highest BCUT2D eigenvalue weighted by molar-refractivity contribution is 7.99. The van der Waals surface area contributed by atoms with E-state index < -0.39 is 5.97 Å². The maximum atomic E-state index is 12.3. The second-order valence-electron chi connectivity index (χ2n) is 4.91. The molecule has 0 saturated heterocycles. The Balaban J connectivity index is 2.06. The van der Waals surface area contributed by atoms with Crippen molar-refractivity contribution in [2.24, 2.45) is 0 Å². The molecule has 1 aromatic heterocycles. The summed E-state index contributed by atoms with van der Waals surface area (Å²) in [6.07, 6.45) is 0. The molecule has 0 fully saturated rings. The average molecular weight is 350 g/mol. The molecule has 1 aromatic carbocycles. The number of ether oxygens (including phenoxy) is 1. The van der Waals surface area contributed by atoms with E-state index in [4.69, 9.17) is 4.74 Å². The van der Waals surface area contributed by atoms with Crippen molar-refractivity contribution >= 4 is 40.1 Å². The summed E-state index contributed by atoms with van der Waals surface area (Å²) >= 11 is 2.89. The lowest BCUT2D eigenvalue weighted by atomic mass is 10.2. The van der Waals surface area contributed by atoms with Crippen LogP contribution >= 0.6 is 23.1 Å². The average Bonchev–Trinajstić information content (AvgIpc) is 2.95. The van der Waals surface area contributed by atoms with Gasteiger partial charge >= 0.3 is 5.97 Å². The van der Waals surface area contributed by atoms with Crippen LogP contribution in [0.5, 0.6) is 0 Å². The van der Waals surface area contributed by atoms with Gasteiger partial charge in [-0.15, -0.1) is 23.1 Å². The Morgan fingerprint density at radius 1 is 1.39 bits per heavy atom.